The average Bonchev–Trinajstić information content (AvgIpc) is 3.15. The summed E-state index contributed by atoms with van der Waals surface area (Å²) in [6, 6.07) is 3.11. The number of aryl methyl sites for hydroxylation is 1. The van der Waals surface area contributed by atoms with Crippen LogP contribution < -0.4 is 5.32 Å². The summed E-state index contributed by atoms with van der Waals surface area (Å²) in [5.41, 5.74) is 0.577. The molecule has 0 spiro atoms. The van der Waals surface area contributed by atoms with E-state index in [4.69, 9.17) is 0 Å². The van der Waals surface area contributed by atoms with Crippen molar-refractivity contribution < 1.29 is 8.78 Å². The summed E-state index contributed by atoms with van der Waals surface area (Å²) < 4.78 is 27.5. The van der Waals surface area contributed by atoms with Crippen LogP contribution in [0, 0.1) is 30.4 Å². The van der Waals surface area contributed by atoms with Crippen molar-refractivity contribution in [2.24, 2.45) is 11.8 Å². The Morgan fingerprint density at radius 3 is 2.24 bits per heavy atom. The molecule has 1 aromatic carbocycles. The Balaban J connectivity index is 1.85. The molecule has 0 unspecified atom stereocenters. The zero-order valence-corrected chi connectivity index (χ0v) is 9.97. The molecule has 2 aliphatic carbocycles. The SMILES string of the molecule is Cc1ccc(F)c(NC(C2CC2)C2CC2)c1F. The normalized spacial score (nSPS) is 19.8. The van der Waals surface area contributed by atoms with Crippen LogP contribution in [0.1, 0.15) is 31.2 Å². The maximum absolute atomic E-state index is 13.9. The van der Waals surface area contributed by atoms with Crippen molar-refractivity contribution in [1.82, 2.24) is 0 Å². The molecule has 0 aromatic heterocycles. The molecular formula is C14H17F2N. The van der Waals surface area contributed by atoms with Crippen LogP contribution in [0.15, 0.2) is 12.1 Å². The largest absolute Gasteiger partial charge is 0.377 e. The minimum atomic E-state index is -0.473. The zero-order valence-electron chi connectivity index (χ0n) is 9.97. The van der Waals surface area contributed by atoms with Gasteiger partial charge in [-0.2, -0.15) is 0 Å². The van der Waals surface area contributed by atoms with E-state index >= 15 is 0 Å². The van der Waals surface area contributed by atoms with E-state index in [-0.39, 0.29) is 11.7 Å². The highest BCUT2D eigenvalue weighted by Crippen LogP contribution is 2.46. The van der Waals surface area contributed by atoms with Crippen molar-refractivity contribution >= 4 is 5.69 Å². The van der Waals surface area contributed by atoms with Crippen LogP contribution in [0.25, 0.3) is 0 Å². The fraction of sp³-hybridized carbons (Fsp3) is 0.571. The van der Waals surface area contributed by atoms with Crippen LogP contribution >= 0.6 is 0 Å². The number of anilines is 1. The molecule has 1 nitrogen and oxygen atoms in total. The molecule has 2 saturated carbocycles. The Kier molecular flexibility index (Phi) is 2.57. The first-order chi connectivity index (χ1) is 8.16. The lowest BCUT2D eigenvalue weighted by atomic mass is 10.1. The minimum absolute atomic E-state index is 0.0776. The molecule has 2 aliphatic rings. The van der Waals surface area contributed by atoms with Crippen LogP contribution in [-0.2, 0) is 0 Å². The molecule has 1 aromatic rings. The van der Waals surface area contributed by atoms with Crippen molar-refractivity contribution in [3.63, 3.8) is 0 Å². The Morgan fingerprint density at radius 2 is 1.71 bits per heavy atom. The van der Waals surface area contributed by atoms with Gasteiger partial charge in [-0.3, -0.25) is 0 Å². The van der Waals surface area contributed by atoms with E-state index in [0.29, 0.717) is 17.4 Å². The van der Waals surface area contributed by atoms with Crippen LogP contribution in [0.3, 0.4) is 0 Å². The van der Waals surface area contributed by atoms with Crippen molar-refractivity contribution in [2.75, 3.05) is 5.32 Å². The molecule has 0 aliphatic heterocycles. The third-order valence-corrected chi connectivity index (χ3v) is 3.85. The maximum Gasteiger partial charge on any atom is 0.152 e. The maximum atomic E-state index is 13.9. The summed E-state index contributed by atoms with van der Waals surface area (Å²) in [5, 5.41) is 3.13. The van der Waals surface area contributed by atoms with Crippen molar-refractivity contribution in [3.05, 3.63) is 29.3 Å². The smallest absolute Gasteiger partial charge is 0.152 e. The van der Waals surface area contributed by atoms with Crippen LogP contribution in [0.2, 0.25) is 0 Å². The summed E-state index contributed by atoms with van der Waals surface area (Å²) in [6.45, 7) is 1.67. The van der Waals surface area contributed by atoms with Gasteiger partial charge < -0.3 is 5.32 Å². The second-order valence-electron chi connectivity index (χ2n) is 5.40. The molecule has 0 atom stereocenters. The topological polar surface area (TPSA) is 12.0 Å². The first-order valence-corrected chi connectivity index (χ1v) is 6.38. The highest BCUT2D eigenvalue weighted by atomic mass is 19.1. The summed E-state index contributed by atoms with van der Waals surface area (Å²) in [5.74, 6) is 0.347. The third kappa shape index (κ3) is 2.15. The summed E-state index contributed by atoms with van der Waals surface area (Å²) in [4.78, 5) is 0. The van der Waals surface area contributed by atoms with Gasteiger partial charge in [-0.25, -0.2) is 8.78 Å². The quantitative estimate of drug-likeness (QED) is 0.838. The lowest BCUT2D eigenvalue weighted by Gasteiger charge is -2.20. The molecule has 0 bridgehead atoms. The summed E-state index contributed by atoms with van der Waals surface area (Å²) in [6.07, 6.45) is 4.79. The van der Waals surface area contributed by atoms with Gasteiger partial charge in [0.2, 0.25) is 0 Å². The van der Waals surface area contributed by atoms with Gasteiger partial charge in [0.25, 0.3) is 0 Å². The Hall–Kier alpha value is -1.12. The second-order valence-corrected chi connectivity index (χ2v) is 5.40. The predicted octanol–water partition coefficient (Wildman–Crippen LogP) is 3.87. The van der Waals surface area contributed by atoms with Gasteiger partial charge in [-0.15, -0.1) is 0 Å². The Morgan fingerprint density at radius 1 is 1.12 bits per heavy atom. The standard InChI is InChI=1S/C14H17F2N/c1-8-2-7-11(15)14(12(8)16)17-13(9-3-4-9)10-5-6-10/h2,7,9-10,13,17H,3-6H2,1H3. The van der Waals surface area contributed by atoms with Crippen LogP contribution in [-0.4, -0.2) is 6.04 Å². The lowest BCUT2D eigenvalue weighted by Crippen LogP contribution is -2.25. The van der Waals surface area contributed by atoms with E-state index in [1.807, 2.05) is 0 Å². The van der Waals surface area contributed by atoms with Gasteiger partial charge in [0.15, 0.2) is 5.82 Å². The highest BCUT2D eigenvalue weighted by Gasteiger charge is 2.42. The molecule has 92 valence electrons. The molecule has 0 saturated heterocycles. The number of nitrogens with one attached hydrogen (secondary N) is 1. The summed E-state index contributed by atoms with van der Waals surface area (Å²) in [7, 11) is 0. The number of hydrogen-bond donors (Lipinski definition) is 1. The lowest BCUT2D eigenvalue weighted by molar-refractivity contribution is 0.538. The second kappa shape index (κ2) is 3.97. The van der Waals surface area contributed by atoms with Crippen molar-refractivity contribution in [2.45, 2.75) is 38.6 Å². The number of benzene rings is 1. The number of halogens is 2. The predicted molar refractivity (Wildman–Crippen MR) is 64.0 cm³/mol. The van der Waals surface area contributed by atoms with Gasteiger partial charge in [-0.05, 0) is 56.1 Å². The van der Waals surface area contributed by atoms with Gasteiger partial charge in [0, 0.05) is 6.04 Å². The van der Waals surface area contributed by atoms with Crippen LogP contribution in [0.5, 0.6) is 0 Å². The van der Waals surface area contributed by atoms with E-state index in [2.05, 4.69) is 5.32 Å². The number of hydrogen-bond acceptors (Lipinski definition) is 1. The molecule has 0 heterocycles. The fourth-order valence-electron chi connectivity index (χ4n) is 2.49. The first-order valence-electron chi connectivity index (χ1n) is 6.38. The molecule has 3 heteroatoms. The van der Waals surface area contributed by atoms with E-state index in [1.165, 1.54) is 37.8 Å². The van der Waals surface area contributed by atoms with Crippen molar-refractivity contribution in [1.29, 1.82) is 0 Å². The fourth-order valence-corrected chi connectivity index (χ4v) is 2.49. The molecule has 3 rings (SSSR count). The van der Waals surface area contributed by atoms with Gasteiger partial charge >= 0.3 is 0 Å². The molecule has 17 heavy (non-hydrogen) atoms. The van der Waals surface area contributed by atoms with Crippen molar-refractivity contribution in [3.8, 4) is 0 Å². The molecule has 1 N–H and O–H groups in total. The molecule has 0 amide bonds. The average molecular weight is 237 g/mol. The Bertz CT molecular complexity index is 424. The zero-order chi connectivity index (χ0) is 12.0. The van der Waals surface area contributed by atoms with Gasteiger partial charge in [0.1, 0.15) is 11.5 Å². The van der Waals surface area contributed by atoms with Gasteiger partial charge in [0.05, 0.1) is 0 Å². The van der Waals surface area contributed by atoms with Crippen LogP contribution in [0.4, 0.5) is 14.5 Å². The summed E-state index contributed by atoms with van der Waals surface area (Å²) >= 11 is 0. The minimum Gasteiger partial charge on any atom is -0.377 e. The molecule has 2 fully saturated rings. The van der Waals surface area contributed by atoms with E-state index in [9.17, 15) is 8.78 Å². The monoisotopic (exact) mass is 237 g/mol. The van der Waals surface area contributed by atoms with Gasteiger partial charge in [-0.1, -0.05) is 6.07 Å². The Labute approximate surface area is 100 Å². The van der Waals surface area contributed by atoms with E-state index in [1.54, 1.807) is 6.92 Å². The number of rotatable bonds is 4. The molecular weight excluding hydrogens is 220 g/mol. The third-order valence-electron chi connectivity index (χ3n) is 3.85. The highest BCUT2D eigenvalue weighted by molar-refractivity contribution is 5.50. The molecule has 0 radical (unpaired) electrons. The first kappa shape index (κ1) is 11.0. The van der Waals surface area contributed by atoms with E-state index in [0.717, 1.165) is 0 Å². The van der Waals surface area contributed by atoms with E-state index < -0.39 is 11.6 Å².